The van der Waals surface area contributed by atoms with Crippen LogP contribution in [0.4, 0.5) is 0 Å². The number of halogens is 1. The fourth-order valence-electron chi connectivity index (χ4n) is 2.85. The van der Waals surface area contributed by atoms with Crippen LogP contribution in [0.1, 0.15) is 21.5 Å². The van der Waals surface area contributed by atoms with Crippen LogP contribution in [0.15, 0.2) is 66.7 Å². The first-order valence-electron chi connectivity index (χ1n) is 8.96. The minimum Gasteiger partial charge on any atom is -0.496 e. The van der Waals surface area contributed by atoms with Crippen LogP contribution < -0.4 is 14.2 Å². The number of benzene rings is 3. The molecular formula is C24H18ClNO4. The summed E-state index contributed by atoms with van der Waals surface area (Å²) in [6.07, 6.45) is 1.74. The summed E-state index contributed by atoms with van der Waals surface area (Å²) in [5.74, 6) is 0.480. The Hall–Kier alpha value is -3.75. The van der Waals surface area contributed by atoms with Crippen molar-refractivity contribution in [2.45, 2.75) is 0 Å². The number of ether oxygens (including phenoxy) is 3. The average Bonchev–Trinajstić information content (AvgIpc) is 2.77. The first-order chi connectivity index (χ1) is 14.5. The third kappa shape index (κ3) is 4.80. The molecule has 6 heteroatoms. The number of allylic oxidation sites excluding steroid dienone is 1. The first kappa shape index (κ1) is 21.0. The first-order valence-corrected chi connectivity index (χ1v) is 9.34. The molecule has 3 rings (SSSR count). The van der Waals surface area contributed by atoms with Crippen molar-refractivity contribution in [2.75, 3.05) is 14.2 Å². The van der Waals surface area contributed by atoms with Gasteiger partial charge in [-0.2, -0.15) is 5.26 Å². The van der Waals surface area contributed by atoms with Crippen molar-refractivity contribution in [1.29, 1.82) is 5.26 Å². The molecule has 0 unspecified atom stereocenters. The molecule has 0 aliphatic carbocycles. The Morgan fingerprint density at radius 2 is 1.60 bits per heavy atom. The fourth-order valence-corrected chi connectivity index (χ4v) is 3.04. The van der Waals surface area contributed by atoms with Crippen molar-refractivity contribution in [3.05, 3.63) is 88.4 Å². The zero-order chi connectivity index (χ0) is 21.5. The number of hydrogen-bond donors (Lipinski definition) is 0. The van der Waals surface area contributed by atoms with E-state index in [1.54, 1.807) is 66.7 Å². The van der Waals surface area contributed by atoms with Gasteiger partial charge in [0.2, 0.25) is 0 Å². The smallest absolute Gasteiger partial charge is 0.351 e. The van der Waals surface area contributed by atoms with Crippen molar-refractivity contribution in [2.24, 2.45) is 0 Å². The van der Waals surface area contributed by atoms with Gasteiger partial charge in [0.15, 0.2) is 0 Å². The van der Waals surface area contributed by atoms with Crippen LogP contribution in [-0.4, -0.2) is 20.2 Å². The number of carbonyl (C=O) groups is 1. The summed E-state index contributed by atoms with van der Waals surface area (Å²) in [4.78, 5) is 12.6. The molecule has 0 amide bonds. The standard InChI is InChI=1S/C24H18ClNO4/c1-28-21-7-4-8-22(29-2)23(21)24(27)30-20-11-9-16(10-12-20)13-18(15-26)17-5-3-6-19(25)14-17/h3-14H,1-2H3/b18-13-. The Kier molecular flexibility index (Phi) is 6.74. The Morgan fingerprint density at radius 3 is 2.17 bits per heavy atom. The summed E-state index contributed by atoms with van der Waals surface area (Å²) < 4.78 is 16.0. The van der Waals surface area contributed by atoms with E-state index in [4.69, 9.17) is 25.8 Å². The molecule has 0 radical (unpaired) electrons. The predicted octanol–water partition coefficient (Wildman–Crippen LogP) is 5.64. The quantitative estimate of drug-likeness (QED) is 0.224. The lowest BCUT2D eigenvalue weighted by atomic mass is 10.0. The van der Waals surface area contributed by atoms with Gasteiger partial charge in [0.05, 0.1) is 25.9 Å². The molecule has 30 heavy (non-hydrogen) atoms. The summed E-state index contributed by atoms with van der Waals surface area (Å²) in [5, 5.41) is 10.0. The maximum atomic E-state index is 12.6. The lowest BCUT2D eigenvalue weighted by molar-refractivity contribution is 0.0727. The molecule has 0 heterocycles. The highest BCUT2D eigenvalue weighted by Crippen LogP contribution is 2.30. The second-order valence-electron chi connectivity index (χ2n) is 6.18. The Labute approximate surface area is 179 Å². The van der Waals surface area contributed by atoms with Crippen molar-refractivity contribution in [3.63, 3.8) is 0 Å². The number of rotatable bonds is 6. The molecule has 3 aromatic rings. The third-order valence-electron chi connectivity index (χ3n) is 4.29. The number of nitrogens with zero attached hydrogens (tertiary/aromatic N) is 1. The van der Waals surface area contributed by atoms with Crippen molar-refractivity contribution >= 4 is 29.2 Å². The van der Waals surface area contributed by atoms with Crippen LogP contribution >= 0.6 is 11.6 Å². The molecule has 5 nitrogen and oxygen atoms in total. The van der Waals surface area contributed by atoms with Gasteiger partial charge in [0.1, 0.15) is 22.8 Å². The Balaban J connectivity index is 1.82. The van der Waals surface area contributed by atoms with E-state index in [0.717, 1.165) is 11.1 Å². The molecule has 0 atom stereocenters. The van der Waals surface area contributed by atoms with Gasteiger partial charge in [0, 0.05) is 5.02 Å². The van der Waals surface area contributed by atoms with E-state index in [-0.39, 0.29) is 5.56 Å². The fraction of sp³-hybridized carbons (Fsp3) is 0.0833. The molecule has 0 saturated heterocycles. The molecule has 150 valence electrons. The molecule has 0 saturated carbocycles. The van der Waals surface area contributed by atoms with Gasteiger partial charge in [-0.15, -0.1) is 0 Å². The molecule has 0 fully saturated rings. The zero-order valence-electron chi connectivity index (χ0n) is 16.4. The van der Waals surface area contributed by atoms with E-state index in [0.29, 0.717) is 27.8 Å². The summed E-state index contributed by atoms with van der Waals surface area (Å²) >= 11 is 6.01. The summed E-state index contributed by atoms with van der Waals surface area (Å²) in [5.41, 5.74) is 2.19. The van der Waals surface area contributed by atoms with Crippen molar-refractivity contribution in [1.82, 2.24) is 0 Å². The van der Waals surface area contributed by atoms with E-state index >= 15 is 0 Å². The van der Waals surface area contributed by atoms with Crippen LogP contribution in [0.25, 0.3) is 11.6 Å². The number of methoxy groups -OCH3 is 2. The molecule has 0 spiro atoms. The van der Waals surface area contributed by atoms with Crippen LogP contribution in [0, 0.1) is 11.3 Å². The number of carbonyl (C=O) groups excluding carboxylic acids is 1. The molecule has 3 aromatic carbocycles. The van der Waals surface area contributed by atoms with E-state index in [9.17, 15) is 10.1 Å². The minimum atomic E-state index is -0.593. The zero-order valence-corrected chi connectivity index (χ0v) is 17.1. The summed E-state index contributed by atoms with van der Waals surface area (Å²) in [7, 11) is 2.94. The Morgan fingerprint density at radius 1 is 0.967 bits per heavy atom. The lowest BCUT2D eigenvalue weighted by Gasteiger charge is -2.12. The molecule has 0 aliphatic rings. The topological polar surface area (TPSA) is 68.6 Å². The van der Waals surface area contributed by atoms with Gasteiger partial charge in [-0.25, -0.2) is 4.79 Å². The maximum absolute atomic E-state index is 12.6. The molecule has 0 N–H and O–H groups in total. The molecule has 0 bridgehead atoms. The molecule has 0 aliphatic heterocycles. The summed E-state index contributed by atoms with van der Waals surface area (Å²) in [6, 6.07) is 21.1. The number of nitriles is 1. The van der Waals surface area contributed by atoms with E-state index in [1.165, 1.54) is 14.2 Å². The number of hydrogen-bond acceptors (Lipinski definition) is 5. The normalized spacial score (nSPS) is 10.8. The largest absolute Gasteiger partial charge is 0.496 e. The van der Waals surface area contributed by atoms with Gasteiger partial charge in [0.25, 0.3) is 0 Å². The van der Waals surface area contributed by atoms with Gasteiger partial charge in [-0.05, 0) is 53.6 Å². The van der Waals surface area contributed by atoms with Crippen LogP contribution in [0.2, 0.25) is 5.02 Å². The van der Waals surface area contributed by atoms with E-state index < -0.39 is 5.97 Å². The minimum absolute atomic E-state index is 0.208. The average molecular weight is 420 g/mol. The van der Waals surface area contributed by atoms with Crippen LogP contribution in [0.5, 0.6) is 17.2 Å². The predicted molar refractivity (Wildman–Crippen MR) is 116 cm³/mol. The van der Waals surface area contributed by atoms with Gasteiger partial charge < -0.3 is 14.2 Å². The highest BCUT2D eigenvalue weighted by molar-refractivity contribution is 6.30. The van der Waals surface area contributed by atoms with Crippen molar-refractivity contribution < 1.29 is 19.0 Å². The summed E-state index contributed by atoms with van der Waals surface area (Å²) in [6.45, 7) is 0. The second-order valence-corrected chi connectivity index (χ2v) is 6.61. The van der Waals surface area contributed by atoms with E-state index in [2.05, 4.69) is 6.07 Å². The Bertz CT molecular complexity index is 1110. The second kappa shape index (κ2) is 9.64. The lowest BCUT2D eigenvalue weighted by Crippen LogP contribution is -2.11. The maximum Gasteiger partial charge on any atom is 0.351 e. The van der Waals surface area contributed by atoms with Gasteiger partial charge in [-0.1, -0.05) is 41.9 Å². The highest BCUT2D eigenvalue weighted by atomic mass is 35.5. The van der Waals surface area contributed by atoms with Crippen LogP contribution in [-0.2, 0) is 0 Å². The molecular weight excluding hydrogens is 402 g/mol. The van der Waals surface area contributed by atoms with Gasteiger partial charge in [-0.3, -0.25) is 0 Å². The third-order valence-corrected chi connectivity index (χ3v) is 4.52. The van der Waals surface area contributed by atoms with E-state index in [1.807, 2.05) is 6.07 Å². The monoisotopic (exact) mass is 419 g/mol. The number of esters is 1. The van der Waals surface area contributed by atoms with Crippen molar-refractivity contribution in [3.8, 4) is 23.3 Å². The van der Waals surface area contributed by atoms with Gasteiger partial charge >= 0.3 is 5.97 Å². The van der Waals surface area contributed by atoms with Crippen LogP contribution in [0.3, 0.4) is 0 Å². The molecule has 0 aromatic heterocycles. The highest BCUT2D eigenvalue weighted by Gasteiger charge is 2.20. The SMILES string of the molecule is COc1cccc(OC)c1C(=O)Oc1ccc(/C=C(/C#N)c2cccc(Cl)c2)cc1.